The van der Waals surface area contributed by atoms with Crippen molar-refractivity contribution in [3.63, 3.8) is 0 Å². The first-order chi connectivity index (χ1) is 29.1. The molecule has 0 atom stereocenters. The van der Waals surface area contributed by atoms with Crippen molar-refractivity contribution in [1.29, 1.82) is 0 Å². The Morgan fingerprint density at radius 1 is 0.576 bits per heavy atom. The molecular formula is C56H43N3. The Balaban J connectivity index is 1.13. The van der Waals surface area contributed by atoms with Gasteiger partial charge in [0.25, 0.3) is 0 Å². The number of nitrogens with zero attached hydrogens (tertiary/aromatic N) is 3. The Morgan fingerprint density at radius 3 is 1.98 bits per heavy atom. The van der Waals surface area contributed by atoms with Crippen LogP contribution in [0.2, 0.25) is 0 Å². The lowest BCUT2D eigenvalue weighted by Gasteiger charge is -2.12. The van der Waals surface area contributed by atoms with E-state index in [1.54, 1.807) is 0 Å². The molecule has 59 heavy (non-hydrogen) atoms. The van der Waals surface area contributed by atoms with Gasteiger partial charge in [-0.1, -0.05) is 189 Å². The molecule has 3 heteroatoms. The lowest BCUT2D eigenvalue weighted by molar-refractivity contribution is 1.18. The summed E-state index contributed by atoms with van der Waals surface area (Å²) < 4.78 is 0. The van der Waals surface area contributed by atoms with Gasteiger partial charge >= 0.3 is 0 Å². The predicted octanol–water partition coefficient (Wildman–Crippen LogP) is 13.0. The average Bonchev–Trinajstić information content (AvgIpc) is 3.30. The predicted molar refractivity (Wildman–Crippen MR) is 254 cm³/mol. The maximum absolute atomic E-state index is 5.23. The smallest absolute Gasteiger partial charge is 0.160 e. The van der Waals surface area contributed by atoms with Crippen LogP contribution in [-0.4, -0.2) is 23.2 Å². The molecule has 0 aliphatic heterocycles. The zero-order valence-electron chi connectivity index (χ0n) is 33.3. The molecule has 282 valence electrons. The number of allylic oxidation sites excluding steroid dienone is 3. The van der Waals surface area contributed by atoms with Gasteiger partial charge in [-0.25, -0.2) is 9.97 Å². The van der Waals surface area contributed by atoms with E-state index in [0.717, 1.165) is 61.6 Å². The van der Waals surface area contributed by atoms with Crippen LogP contribution in [0.3, 0.4) is 0 Å². The van der Waals surface area contributed by atoms with Crippen LogP contribution < -0.4 is 10.4 Å². The van der Waals surface area contributed by atoms with Crippen molar-refractivity contribution >= 4 is 62.8 Å². The van der Waals surface area contributed by atoms with E-state index in [2.05, 4.69) is 213 Å². The molecule has 0 saturated heterocycles. The van der Waals surface area contributed by atoms with E-state index in [9.17, 15) is 0 Å². The summed E-state index contributed by atoms with van der Waals surface area (Å²) in [6.07, 6.45) is 11.5. The Labute approximate surface area is 345 Å². The van der Waals surface area contributed by atoms with Crippen molar-refractivity contribution in [2.45, 2.75) is 13.3 Å². The van der Waals surface area contributed by atoms with Crippen molar-refractivity contribution in [3.05, 3.63) is 204 Å². The first-order valence-electron chi connectivity index (χ1n) is 20.2. The summed E-state index contributed by atoms with van der Waals surface area (Å²) in [4.78, 5) is 14.8. The fourth-order valence-corrected chi connectivity index (χ4v) is 8.10. The largest absolute Gasteiger partial charge is 0.296 e. The molecule has 0 fully saturated rings. The topological polar surface area (TPSA) is 38.1 Å². The van der Waals surface area contributed by atoms with Gasteiger partial charge in [-0.2, -0.15) is 0 Å². The molecule has 1 aromatic heterocycles. The molecule has 9 rings (SSSR count). The van der Waals surface area contributed by atoms with Crippen molar-refractivity contribution in [1.82, 2.24) is 9.97 Å². The molecule has 0 aliphatic rings. The first kappa shape index (κ1) is 37.1. The summed E-state index contributed by atoms with van der Waals surface area (Å²) in [5, 5.41) is 9.45. The number of aliphatic imine (C=N–C) groups is 1. The van der Waals surface area contributed by atoms with Gasteiger partial charge in [0.05, 0.1) is 11.4 Å². The number of hydrogen-bond donors (Lipinski definition) is 0. The van der Waals surface area contributed by atoms with E-state index in [4.69, 9.17) is 9.97 Å². The number of rotatable bonds is 9. The van der Waals surface area contributed by atoms with E-state index < -0.39 is 0 Å². The molecule has 0 saturated carbocycles. The molecule has 0 amide bonds. The van der Waals surface area contributed by atoms with Gasteiger partial charge in [-0.15, -0.1) is 0 Å². The van der Waals surface area contributed by atoms with Crippen LogP contribution in [0.15, 0.2) is 187 Å². The third-order valence-electron chi connectivity index (χ3n) is 11.0. The second-order valence-electron chi connectivity index (χ2n) is 14.7. The van der Waals surface area contributed by atoms with E-state index >= 15 is 0 Å². The second-order valence-corrected chi connectivity index (χ2v) is 14.7. The summed E-state index contributed by atoms with van der Waals surface area (Å²) >= 11 is 0. The molecular weight excluding hydrogens is 715 g/mol. The molecule has 0 aliphatic carbocycles. The maximum Gasteiger partial charge on any atom is 0.160 e. The Hall–Kier alpha value is -7.49. The molecule has 0 unspecified atom stereocenters. The highest BCUT2D eigenvalue weighted by Crippen LogP contribution is 2.33. The van der Waals surface area contributed by atoms with Gasteiger partial charge < -0.3 is 0 Å². The minimum absolute atomic E-state index is 0.667. The molecule has 0 N–H and O–H groups in total. The van der Waals surface area contributed by atoms with E-state index in [1.807, 2.05) is 13.3 Å². The Bertz CT molecular complexity index is 3220. The molecule has 8 aromatic carbocycles. The van der Waals surface area contributed by atoms with E-state index in [-0.39, 0.29) is 0 Å². The van der Waals surface area contributed by atoms with Gasteiger partial charge in [-0.3, -0.25) is 4.99 Å². The normalized spacial score (nSPS) is 12.4. The van der Waals surface area contributed by atoms with Crippen LogP contribution in [0.1, 0.15) is 24.5 Å². The van der Waals surface area contributed by atoms with Crippen molar-refractivity contribution in [3.8, 4) is 45.0 Å². The average molecular weight is 758 g/mol. The van der Waals surface area contributed by atoms with Gasteiger partial charge in [0.1, 0.15) is 0 Å². The van der Waals surface area contributed by atoms with Gasteiger partial charge in [0, 0.05) is 30.0 Å². The molecule has 0 bridgehead atoms. The quantitative estimate of drug-likeness (QED) is 0.109. The lowest BCUT2D eigenvalue weighted by atomic mass is 9.96. The second kappa shape index (κ2) is 16.5. The number of aromatic nitrogens is 2. The zero-order chi connectivity index (χ0) is 40.1. The van der Waals surface area contributed by atoms with E-state index in [1.165, 1.54) is 43.4 Å². The lowest BCUT2D eigenvalue weighted by Crippen LogP contribution is -2.24. The highest BCUT2D eigenvalue weighted by molar-refractivity contribution is 6.10. The zero-order valence-corrected chi connectivity index (χ0v) is 33.3. The SMILES string of the molecule is C=c1/c(=C\C=C\c2cccc(-c3nc(-c4ccc(-c5cccc6ccccc56)cc4)cc(-c4cccc(/C(C=NC)=C/CC)c4)n3)c2)c2ccccc2c2ccccc12. The summed E-state index contributed by atoms with van der Waals surface area (Å²) in [6.45, 7) is 6.66. The third-order valence-corrected chi connectivity index (χ3v) is 11.0. The van der Waals surface area contributed by atoms with Crippen LogP contribution in [0, 0.1) is 0 Å². The summed E-state index contributed by atoms with van der Waals surface area (Å²) in [6, 6.07) is 60.0. The summed E-state index contributed by atoms with van der Waals surface area (Å²) in [5.74, 6) is 0.667. The van der Waals surface area contributed by atoms with Crippen LogP contribution >= 0.6 is 0 Å². The minimum Gasteiger partial charge on any atom is -0.296 e. The van der Waals surface area contributed by atoms with Gasteiger partial charge in [-0.05, 0) is 95.2 Å². The number of fused-ring (bicyclic) bond motifs is 4. The van der Waals surface area contributed by atoms with E-state index in [0.29, 0.717) is 5.82 Å². The third kappa shape index (κ3) is 7.55. The van der Waals surface area contributed by atoms with Gasteiger partial charge in [0.15, 0.2) is 5.82 Å². The van der Waals surface area contributed by atoms with Crippen LogP contribution in [-0.2, 0) is 0 Å². The monoisotopic (exact) mass is 757 g/mol. The Morgan fingerprint density at radius 2 is 1.20 bits per heavy atom. The summed E-state index contributed by atoms with van der Waals surface area (Å²) in [5.41, 5.74) is 10.3. The molecule has 1 heterocycles. The van der Waals surface area contributed by atoms with Crippen LogP contribution in [0.25, 0.3) is 102 Å². The Kier molecular flexibility index (Phi) is 10.4. The fraction of sp³-hybridized carbons (Fsp3) is 0.0536. The number of hydrogen-bond acceptors (Lipinski definition) is 3. The number of benzene rings is 8. The minimum atomic E-state index is 0.667. The van der Waals surface area contributed by atoms with Crippen molar-refractivity contribution in [2.75, 3.05) is 7.05 Å². The fourth-order valence-electron chi connectivity index (χ4n) is 8.10. The first-order valence-corrected chi connectivity index (χ1v) is 20.2. The van der Waals surface area contributed by atoms with Crippen LogP contribution in [0.5, 0.6) is 0 Å². The summed E-state index contributed by atoms with van der Waals surface area (Å²) in [7, 11) is 1.81. The molecule has 3 nitrogen and oxygen atoms in total. The molecule has 0 spiro atoms. The van der Waals surface area contributed by atoms with Crippen molar-refractivity contribution < 1.29 is 0 Å². The highest BCUT2D eigenvalue weighted by atomic mass is 14.9. The maximum atomic E-state index is 5.23. The highest BCUT2D eigenvalue weighted by Gasteiger charge is 2.13. The van der Waals surface area contributed by atoms with Crippen molar-refractivity contribution in [2.24, 2.45) is 4.99 Å². The van der Waals surface area contributed by atoms with Gasteiger partial charge in [0.2, 0.25) is 0 Å². The van der Waals surface area contributed by atoms with Crippen LogP contribution in [0.4, 0.5) is 0 Å². The standard InChI is InChI=1S/C56H43N3/c1-4-15-46(37-57-3)43-20-13-21-44(35-43)55-36-54(42-32-30-41(31-33-42)50-29-14-19-40-18-5-6-24-49(40)50)58-56(59-55)45-22-11-16-39(34-45)17-12-28-48-38(2)47-23-7-8-25-51(47)53-27-10-9-26-52(48)53/h5-37H,2,4H2,1,3H3/b17-12+,46-15+,48-28+,57-37?. The molecule has 9 aromatic rings. The molecule has 0 radical (unpaired) electrons.